The highest BCUT2D eigenvalue weighted by Gasteiger charge is 2.10. The Balaban J connectivity index is 2.41. The number of rotatable bonds is 6. The third-order valence-electron chi connectivity index (χ3n) is 3.41. The molecule has 0 fully saturated rings. The number of hydrogen-bond donors (Lipinski definition) is 0. The zero-order valence-electron chi connectivity index (χ0n) is 13.2. The Morgan fingerprint density at radius 2 is 2.09 bits per heavy atom. The average molecular weight is 321 g/mol. The van der Waals surface area contributed by atoms with E-state index >= 15 is 0 Å². The van der Waals surface area contributed by atoms with Gasteiger partial charge in [-0.25, -0.2) is 4.79 Å². The molecule has 1 aromatic heterocycles. The third-order valence-corrected chi connectivity index (χ3v) is 3.71. The summed E-state index contributed by atoms with van der Waals surface area (Å²) < 4.78 is 10.9. The first-order chi connectivity index (χ1) is 10.5. The molecule has 0 N–H and O–H groups in total. The van der Waals surface area contributed by atoms with Crippen molar-refractivity contribution >= 4 is 22.6 Å². The van der Waals surface area contributed by atoms with Crippen molar-refractivity contribution in [2.24, 2.45) is 0 Å². The smallest absolute Gasteiger partial charge is 0.336 e. The van der Waals surface area contributed by atoms with E-state index in [2.05, 4.69) is 6.92 Å². The first-order valence-corrected chi connectivity index (χ1v) is 7.91. The van der Waals surface area contributed by atoms with Crippen LogP contribution in [0, 0.1) is 0 Å². The number of unbranched alkanes of at least 4 members (excludes halogenated alkanes) is 1. The fourth-order valence-electron chi connectivity index (χ4n) is 2.21. The van der Waals surface area contributed by atoms with E-state index in [1.165, 1.54) is 5.57 Å². The Morgan fingerprint density at radius 1 is 1.32 bits per heavy atom. The minimum Gasteiger partial charge on any atom is -0.488 e. The Hall–Kier alpha value is -1.74. The zero-order chi connectivity index (χ0) is 16.1. The van der Waals surface area contributed by atoms with Gasteiger partial charge in [0, 0.05) is 17.5 Å². The number of halogens is 1. The van der Waals surface area contributed by atoms with Crippen molar-refractivity contribution in [3.05, 3.63) is 50.9 Å². The molecule has 2 aromatic rings. The summed E-state index contributed by atoms with van der Waals surface area (Å²) in [6, 6.07) is 5.08. The second-order valence-corrected chi connectivity index (χ2v) is 5.97. The molecule has 1 heterocycles. The van der Waals surface area contributed by atoms with Crippen LogP contribution in [0.4, 0.5) is 0 Å². The van der Waals surface area contributed by atoms with Crippen molar-refractivity contribution in [1.29, 1.82) is 0 Å². The molecule has 22 heavy (non-hydrogen) atoms. The van der Waals surface area contributed by atoms with Crippen LogP contribution >= 0.6 is 11.6 Å². The molecule has 0 aliphatic carbocycles. The molecule has 0 spiro atoms. The van der Waals surface area contributed by atoms with Crippen molar-refractivity contribution < 1.29 is 9.15 Å². The maximum atomic E-state index is 11.7. The van der Waals surface area contributed by atoms with E-state index in [0.717, 1.165) is 30.2 Å². The van der Waals surface area contributed by atoms with Gasteiger partial charge in [-0.1, -0.05) is 30.5 Å². The highest BCUT2D eigenvalue weighted by Crippen LogP contribution is 2.31. The lowest BCUT2D eigenvalue weighted by Gasteiger charge is -2.10. The highest BCUT2D eigenvalue weighted by molar-refractivity contribution is 6.32. The molecule has 3 nitrogen and oxygen atoms in total. The van der Waals surface area contributed by atoms with E-state index in [4.69, 9.17) is 20.8 Å². The lowest BCUT2D eigenvalue weighted by molar-refractivity contribution is 0.362. The number of allylic oxidation sites excluding steroid dienone is 1. The zero-order valence-corrected chi connectivity index (χ0v) is 14.0. The number of ether oxygens (including phenoxy) is 1. The van der Waals surface area contributed by atoms with Crippen LogP contribution in [0.1, 0.15) is 39.2 Å². The van der Waals surface area contributed by atoms with Crippen LogP contribution in [0.15, 0.2) is 39.1 Å². The van der Waals surface area contributed by atoms with Crippen LogP contribution in [0.2, 0.25) is 5.02 Å². The monoisotopic (exact) mass is 320 g/mol. The summed E-state index contributed by atoms with van der Waals surface area (Å²) in [5.74, 6) is 0.530. The number of benzene rings is 1. The molecule has 2 rings (SSSR count). The van der Waals surface area contributed by atoms with Crippen LogP contribution in [-0.2, 0) is 6.42 Å². The number of hydrogen-bond acceptors (Lipinski definition) is 3. The fourth-order valence-corrected chi connectivity index (χ4v) is 2.43. The summed E-state index contributed by atoms with van der Waals surface area (Å²) >= 11 is 6.30. The minimum absolute atomic E-state index is 0.337. The molecule has 1 aromatic carbocycles. The van der Waals surface area contributed by atoms with E-state index < -0.39 is 0 Å². The van der Waals surface area contributed by atoms with E-state index in [1.54, 1.807) is 12.1 Å². The maximum absolute atomic E-state index is 11.7. The SMILES string of the molecule is CCCCc1cc(=O)oc2cc(OCC=C(C)C)c(Cl)cc12. The predicted octanol–water partition coefficient (Wildman–Crippen LogP) is 5.13. The summed E-state index contributed by atoms with van der Waals surface area (Å²) in [7, 11) is 0. The van der Waals surface area contributed by atoms with Crippen molar-refractivity contribution in [1.82, 2.24) is 0 Å². The largest absolute Gasteiger partial charge is 0.488 e. The van der Waals surface area contributed by atoms with Crippen LogP contribution in [0.25, 0.3) is 11.0 Å². The van der Waals surface area contributed by atoms with Gasteiger partial charge in [-0.15, -0.1) is 0 Å². The highest BCUT2D eigenvalue weighted by atomic mass is 35.5. The van der Waals surface area contributed by atoms with Crippen LogP contribution in [-0.4, -0.2) is 6.61 Å². The van der Waals surface area contributed by atoms with Gasteiger partial charge in [0.05, 0.1) is 5.02 Å². The quantitative estimate of drug-likeness (QED) is 0.547. The molecule has 118 valence electrons. The third kappa shape index (κ3) is 4.14. The van der Waals surface area contributed by atoms with Gasteiger partial charge < -0.3 is 9.15 Å². The summed E-state index contributed by atoms with van der Waals surface area (Å²) in [4.78, 5) is 11.7. The van der Waals surface area contributed by atoms with Gasteiger partial charge in [0.25, 0.3) is 0 Å². The molecule has 0 amide bonds. The molecule has 0 aliphatic rings. The Labute approximate surface area is 135 Å². The molecule has 0 atom stereocenters. The van der Waals surface area contributed by atoms with Crippen molar-refractivity contribution in [2.45, 2.75) is 40.0 Å². The standard InChI is InChI=1S/C18H21ClO3/c1-4-5-6-13-9-18(20)22-16-11-17(15(19)10-14(13)16)21-8-7-12(2)3/h7,9-11H,4-6,8H2,1-3H3. The maximum Gasteiger partial charge on any atom is 0.336 e. The fraction of sp³-hybridized carbons (Fsp3) is 0.389. The first-order valence-electron chi connectivity index (χ1n) is 7.53. The topological polar surface area (TPSA) is 39.4 Å². The lowest BCUT2D eigenvalue weighted by atomic mass is 10.0. The van der Waals surface area contributed by atoms with E-state index in [9.17, 15) is 4.79 Å². The summed E-state index contributed by atoms with van der Waals surface area (Å²) in [6.45, 7) is 6.57. The van der Waals surface area contributed by atoms with Gasteiger partial charge in [-0.3, -0.25) is 0 Å². The van der Waals surface area contributed by atoms with Gasteiger partial charge in [-0.2, -0.15) is 0 Å². The Morgan fingerprint density at radius 3 is 2.77 bits per heavy atom. The second kappa shape index (κ2) is 7.50. The molecule has 0 radical (unpaired) electrons. The van der Waals surface area contributed by atoms with Crippen LogP contribution < -0.4 is 10.4 Å². The normalized spacial score (nSPS) is 10.7. The summed E-state index contributed by atoms with van der Waals surface area (Å²) in [5, 5.41) is 1.41. The van der Waals surface area contributed by atoms with Gasteiger partial charge in [0.15, 0.2) is 0 Å². The Kier molecular flexibility index (Phi) is 5.67. The molecule has 4 heteroatoms. The van der Waals surface area contributed by atoms with E-state index in [-0.39, 0.29) is 5.63 Å². The number of fused-ring (bicyclic) bond motifs is 1. The molecular weight excluding hydrogens is 300 g/mol. The van der Waals surface area contributed by atoms with Gasteiger partial charge in [0.1, 0.15) is 17.9 Å². The van der Waals surface area contributed by atoms with Crippen LogP contribution in [0.3, 0.4) is 0 Å². The second-order valence-electron chi connectivity index (χ2n) is 5.57. The van der Waals surface area contributed by atoms with Crippen LogP contribution in [0.5, 0.6) is 5.75 Å². The summed E-state index contributed by atoms with van der Waals surface area (Å²) in [6.07, 6.45) is 4.90. The van der Waals surface area contributed by atoms with E-state index in [1.807, 2.05) is 26.0 Å². The minimum atomic E-state index is -0.337. The lowest BCUT2D eigenvalue weighted by Crippen LogP contribution is -2.02. The van der Waals surface area contributed by atoms with Gasteiger partial charge in [0.2, 0.25) is 0 Å². The Bertz CT molecular complexity index is 740. The summed E-state index contributed by atoms with van der Waals surface area (Å²) in [5.41, 5.74) is 2.34. The molecular formula is C18H21ClO3. The molecule has 0 bridgehead atoms. The first kappa shape index (κ1) is 16.6. The predicted molar refractivity (Wildman–Crippen MR) is 91.0 cm³/mol. The van der Waals surface area contributed by atoms with Crippen molar-refractivity contribution in [2.75, 3.05) is 6.61 Å². The average Bonchev–Trinajstić information content (AvgIpc) is 2.45. The van der Waals surface area contributed by atoms with Crippen molar-refractivity contribution in [3.8, 4) is 5.75 Å². The van der Waals surface area contributed by atoms with Crippen molar-refractivity contribution in [3.63, 3.8) is 0 Å². The molecule has 0 saturated heterocycles. The van der Waals surface area contributed by atoms with Gasteiger partial charge in [-0.05, 0) is 44.4 Å². The molecule has 0 aliphatic heterocycles. The van der Waals surface area contributed by atoms with E-state index in [0.29, 0.717) is 23.0 Å². The molecule has 0 saturated carbocycles. The molecule has 0 unspecified atom stereocenters. The number of aryl methyl sites for hydroxylation is 1. The van der Waals surface area contributed by atoms with Gasteiger partial charge >= 0.3 is 5.63 Å².